The summed E-state index contributed by atoms with van der Waals surface area (Å²) >= 11 is 0. The first-order valence-electron chi connectivity index (χ1n) is 10.2. The number of anilines is 1. The third-order valence-corrected chi connectivity index (χ3v) is 7.74. The van der Waals surface area contributed by atoms with Crippen LogP contribution >= 0.6 is 0 Å². The fourth-order valence-corrected chi connectivity index (χ4v) is 5.23. The Morgan fingerprint density at radius 1 is 1.00 bits per heavy atom. The Morgan fingerprint density at radius 3 is 2.47 bits per heavy atom. The van der Waals surface area contributed by atoms with Crippen molar-refractivity contribution >= 4 is 37.3 Å². The Kier molecular flexibility index (Phi) is 7.04. The summed E-state index contributed by atoms with van der Waals surface area (Å²) in [5.74, 6) is 0.00233. The molecule has 0 aromatic heterocycles. The highest BCUT2D eigenvalue weighted by molar-refractivity contribution is 7.90. The van der Waals surface area contributed by atoms with Crippen molar-refractivity contribution in [1.29, 1.82) is 0 Å². The smallest absolute Gasteiger partial charge is 0.284 e. The number of aryl methyl sites for hydroxylation is 1. The molecule has 0 radical (unpaired) electrons. The number of hydrogen-bond donors (Lipinski definition) is 1. The molecule has 0 bridgehead atoms. The average Bonchev–Trinajstić information content (AvgIpc) is 2.91. The molecule has 1 aliphatic rings. The summed E-state index contributed by atoms with van der Waals surface area (Å²) < 4.78 is 53.5. The summed E-state index contributed by atoms with van der Waals surface area (Å²) in [4.78, 5) is 14.7. The molecule has 0 unspecified atom stereocenters. The van der Waals surface area contributed by atoms with Gasteiger partial charge < -0.3 is 10.2 Å². The number of amidine groups is 1. The highest BCUT2D eigenvalue weighted by Crippen LogP contribution is 2.22. The maximum Gasteiger partial charge on any atom is 0.284 e. The third kappa shape index (κ3) is 5.74. The van der Waals surface area contributed by atoms with Crippen molar-refractivity contribution in [1.82, 2.24) is 4.90 Å². The van der Waals surface area contributed by atoms with Gasteiger partial charge in [0.15, 0.2) is 9.84 Å². The van der Waals surface area contributed by atoms with Crippen LogP contribution in [0.5, 0.6) is 0 Å². The lowest BCUT2D eigenvalue weighted by Crippen LogP contribution is -2.26. The summed E-state index contributed by atoms with van der Waals surface area (Å²) in [5, 5.41) is 2.66. The van der Waals surface area contributed by atoms with Crippen LogP contribution < -0.4 is 5.32 Å². The highest BCUT2D eigenvalue weighted by atomic mass is 32.2. The van der Waals surface area contributed by atoms with E-state index >= 15 is 0 Å². The number of rotatable bonds is 5. The summed E-state index contributed by atoms with van der Waals surface area (Å²) in [6, 6.07) is 10.2. The molecule has 1 saturated heterocycles. The van der Waals surface area contributed by atoms with Gasteiger partial charge in [-0.05, 0) is 55.7 Å². The number of sulfone groups is 1. The predicted octanol–water partition coefficient (Wildman–Crippen LogP) is 3.24. The maximum absolute atomic E-state index is 12.9. The molecular formula is C22H27N3O5S2. The molecule has 32 heavy (non-hydrogen) atoms. The van der Waals surface area contributed by atoms with Crippen molar-refractivity contribution < 1.29 is 21.6 Å². The molecule has 1 fully saturated rings. The van der Waals surface area contributed by atoms with E-state index < -0.39 is 25.8 Å². The van der Waals surface area contributed by atoms with Crippen LogP contribution in [-0.4, -0.2) is 53.3 Å². The number of carbonyl (C=O) groups is 1. The van der Waals surface area contributed by atoms with E-state index in [1.807, 2.05) is 11.9 Å². The maximum atomic E-state index is 12.9. The average molecular weight is 478 g/mol. The van der Waals surface area contributed by atoms with E-state index in [9.17, 15) is 21.6 Å². The van der Waals surface area contributed by atoms with Gasteiger partial charge in [-0.15, -0.1) is 4.40 Å². The Balaban J connectivity index is 1.87. The molecule has 1 amide bonds. The second kappa shape index (κ2) is 9.41. The second-order valence-electron chi connectivity index (χ2n) is 7.95. The Hall–Kier alpha value is -2.72. The zero-order valence-corrected chi connectivity index (χ0v) is 20.0. The summed E-state index contributed by atoms with van der Waals surface area (Å²) in [6.07, 6.45) is 4.59. The van der Waals surface area contributed by atoms with Gasteiger partial charge in [-0.3, -0.25) is 4.79 Å². The number of carbonyl (C=O) groups excluding carboxylic acids is 1. The van der Waals surface area contributed by atoms with Crippen LogP contribution in [0.1, 0.15) is 41.6 Å². The van der Waals surface area contributed by atoms with E-state index in [1.54, 1.807) is 19.1 Å². The molecule has 2 aromatic rings. The van der Waals surface area contributed by atoms with Crippen LogP contribution in [0.25, 0.3) is 0 Å². The van der Waals surface area contributed by atoms with Gasteiger partial charge in [0.2, 0.25) is 0 Å². The number of nitrogens with one attached hydrogen (secondary N) is 1. The highest BCUT2D eigenvalue weighted by Gasteiger charge is 2.20. The number of likely N-dealkylation sites (tertiary alicyclic amines) is 1. The molecular weight excluding hydrogens is 450 g/mol. The molecule has 1 N–H and O–H groups in total. The van der Waals surface area contributed by atoms with Crippen LogP contribution in [0, 0.1) is 6.92 Å². The molecule has 1 heterocycles. The van der Waals surface area contributed by atoms with E-state index in [1.165, 1.54) is 30.3 Å². The molecule has 0 atom stereocenters. The standard InChI is InChI=1S/C22H27N3O5S2/c1-16-11-12-18(31(3,27)28)15-20(16)22(26)23-17-8-7-9-19(14-17)32(29,30)24-21-10-5-4-6-13-25(21)2/h7-9,11-12,14-15H,4-6,10,13H2,1-3H3,(H,23,26)/b24-21+. The summed E-state index contributed by atoms with van der Waals surface area (Å²) in [6.45, 7) is 2.46. The van der Waals surface area contributed by atoms with Crippen molar-refractivity contribution in [2.24, 2.45) is 4.40 Å². The van der Waals surface area contributed by atoms with Crippen LogP contribution in [0.3, 0.4) is 0 Å². The molecule has 3 rings (SSSR count). The van der Waals surface area contributed by atoms with Gasteiger partial charge in [-0.1, -0.05) is 18.6 Å². The second-order valence-corrected chi connectivity index (χ2v) is 11.6. The van der Waals surface area contributed by atoms with E-state index in [4.69, 9.17) is 0 Å². The molecule has 8 nitrogen and oxygen atoms in total. The van der Waals surface area contributed by atoms with Gasteiger partial charge in [-0.2, -0.15) is 8.42 Å². The number of hydrogen-bond acceptors (Lipinski definition) is 5. The summed E-state index contributed by atoms with van der Waals surface area (Å²) in [7, 11) is -5.59. The van der Waals surface area contributed by atoms with Crippen LogP contribution in [0.4, 0.5) is 5.69 Å². The molecule has 2 aromatic carbocycles. The SMILES string of the molecule is Cc1ccc(S(C)(=O)=O)cc1C(=O)Nc1cccc(S(=O)(=O)/N=C2\CCCCCN2C)c1. The van der Waals surface area contributed by atoms with Crippen molar-refractivity contribution in [2.45, 2.75) is 42.4 Å². The molecule has 172 valence electrons. The minimum Gasteiger partial charge on any atom is -0.362 e. The van der Waals surface area contributed by atoms with E-state index in [2.05, 4.69) is 9.71 Å². The Morgan fingerprint density at radius 2 is 1.75 bits per heavy atom. The van der Waals surface area contributed by atoms with Crippen molar-refractivity contribution in [3.63, 3.8) is 0 Å². The van der Waals surface area contributed by atoms with Gasteiger partial charge >= 0.3 is 0 Å². The minimum absolute atomic E-state index is 0.0259. The number of benzene rings is 2. The first-order valence-corrected chi connectivity index (χ1v) is 13.6. The molecule has 0 aliphatic carbocycles. The number of nitrogens with zero attached hydrogens (tertiary/aromatic N) is 2. The fraction of sp³-hybridized carbons (Fsp3) is 0.364. The minimum atomic E-state index is -3.95. The van der Waals surface area contributed by atoms with E-state index in [-0.39, 0.29) is 21.0 Å². The molecule has 0 saturated carbocycles. The van der Waals surface area contributed by atoms with Gasteiger partial charge in [0, 0.05) is 37.5 Å². The Bertz CT molecular complexity index is 1270. The number of amides is 1. The molecule has 0 spiro atoms. The van der Waals surface area contributed by atoms with Crippen LogP contribution in [0.2, 0.25) is 0 Å². The van der Waals surface area contributed by atoms with Crippen molar-refractivity contribution in [3.05, 3.63) is 53.6 Å². The largest absolute Gasteiger partial charge is 0.362 e. The lowest BCUT2D eigenvalue weighted by molar-refractivity contribution is 0.102. The molecule has 10 heteroatoms. The zero-order valence-electron chi connectivity index (χ0n) is 18.3. The quantitative estimate of drug-likeness (QED) is 0.707. The first-order chi connectivity index (χ1) is 15.0. The third-order valence-electron chi connectivity index (χ3n) is 5.33. The lowest BCUT2D eigenvalue weighted by Gasteiger charge is -2.17. The van der Waals surface area contributed by atoms with E-state index in [0.717, 1.165) is 32.1 Å². The van der Waals surface area contributed by atoms with Crippen LogP contribution in [0.15, 0.2) is 56.7 Å². The van der Waals surface area contributed by atoms with Crippen molar-refractivity contribution in [2.75, 3.05) is 25.2 Å². The topological polar surface area (TPSA) is 113 Å². The number of sulfonamides is 1. The van der Waals surface area contributed by atoms with Gasteiger partial charge in [0.1, 0.15) is 5.84 Å². The van der Waals surface area contributed by atoms with Crippen LogP contribution in [-0.2, 0) is 19.9 Å². The lowest BCUT2D eigenvalue weighted by atomic mass is 10.1. The Labute approximate surface area is 189 Å². The normalized spacial score (nSPS) is 16.6. The fourth-order valence-electron chi connectivity index (χ4n) is 3.44. The summed E-state index contributed by atoms with van der Waals surface area (Å²) in [5.41, 5.74) is 1.07. The predicted molar refractivity (Wildman–Crippen MR) is 124 cm³/mol. The van der Waals surface area contributed by atoms with Gasteiger partial charge in [-0.25, -0.2) is 8.42 Å². The van der Waals surface area contributed by atoms with Crippen molar-refractivity contribution in [3.8, 4) is 0 Å². The van der Waals surface area contributed by atoms with Gasteiger partial charge in [0.05, 0.1) is 9.79 Å². The zero-order chi connectivity index (χ0) is 23.5. The monoisotopic (exact) mass is 477 g/mol. The first kappa shape index (κ1) is 23.9. The van der Waals surface area contributed by atoms with Gasteiger partial charge in [0.25, 0.3) is 15.9 Å². The van der Waals surface area contributed by atoms with E-state index in [0.29, 0.717) is 17.8 Å². The molecule has 1 aliphatic heterocycles.